The van der Waals surface area contributed by atoms with Gasteiger partial charge in [0.2, 0.25) is 5.91 Å². The third-order valence-corrected chi connectivity index (χ3v) is 1.67. The molecule has 6 heteroatoms. The van der Waals surface area contributed by atoms with Crippen LogP contribution in [-0.4, -0.2) is 23.1 Å². The number of nitrogens with two attached hydrogens (primary N) is 1. The lowest BCUT2D eigenvalue weighted by molar-refractivity contribution is 0.100. The van der Waals surface area contributed by atoms with E-state index in [1.165, 1.54) is 18.2 Å². The molecule has 4 N–H and O–H groups in total. The molecule has 1 aromatic rings. The van der Waals surface area contributed by atoms with Gasteiger partial charge in [0, 0.05) is 5.56 Å². The van der Waals surface area contributed by atoms with Crippen LogP contribution in [0.5, 0.6) is 0 Å². The lowest BCUT2D eigenvalue weighted by atomic mass is 9.78. The van der Waals surface area contributed by atoms with Gasteiger partial charge in [0.05, 0.1) is 11.6 Å². The predicted molar refractivity (Wildman–Crippen MR) is 49.5 cm³/mol. The van der Waals surface area contributed by atoms with E-state index in [9.17, 15) is 4.79 Å². The fraction of sp³-hybridized carbons (Fsp3) is 0. The van der Waals surface area contributed by atoms with E-state index in [0.29, 0.717) is 0 Å². The molecule has 0 saturated heterocycles. The molecule has 0 fully saturated rings. The highest BCUT2D eigenvalue weighted by atomic mass is 16.4. The molecule has 0 aliphatic heterocycles. The van der Waals surface area contributed by atoms with Crippen LogP contribution in [0.25, 0.3) is 0 Å². The van der Waals surface area contributed by atoms with E-state index in [1.54, 1.807) is 6.07 Å². The van der Waals surface area contributed by atoms with E-state index >= 15 is 0 Å². The second kappa shape index (κ2) is 3.92. The summed E-state index contributed by atoms with van der Waals surface area (Å²) in [5.74, 6) is -0.719. The number of hydrogen-bond donors (Lipinski definition) is 3. The Balaban J connectivity index is 3.29. The summed E-state index contributed by atoms with van der Waals surface area (Å²) in [6, 6.07) is 5.58. The van der Waals surface area contributed by atoms with Gasteiger partial charge in [0.25, 0.3) is 0 Å². The Hall–Kier alpha value is -1.84. The zero-order valence-electron chi connectivity index (χ0n) is 7.14. The predicted octanol–water partition coefficient (Wildman–Crippen LogP) is -1.66. The molecular weight excluding hydrogens is 183 g/mol. The average Bonchev–Trinajstić information content (AvgIpc) is 2.16. The van der Waals surface area contributed by atoms with Crippen molar-refractivity contribution in [3.8, 4) is 6.07 Å². The lowest BCUT2D eigenvalue weighted by Crippen LogP contribution is -2.31. The second-order valence-corrected chi connectivity index (χ2v) is 2.69. The summed E-state index contributed by atoms with van der Waals surface area (Å²) >= 11 is 0. The summed E-state index contributed by atoms with van der Waals surface area (Å²) in [6.07, 6.45) is 0. The zero-order valence-corrected chi connectivity index (χ0v) is 7.14. The van der Waals surface area contributed by atoms with Crippen molar-refractivity contribution in [1.82, 2.24) is 0 Å². The van der Waals surface area contributed by atoms with Gasteiger partial charge < -0.3 is 15.8 Å². The molecule has 0 aliphatic rings. The summed E-state index contributed by atoms with van der Waals surface area (Å²) in [5, 5.41) is 26.3. The van der Waals surface area contributed by atoms with Gasteiger partial charge in [0.15, 0.2) is 0 Å². The molecule has 0 radical (unpaired) electrons. The molecule has 1 aromatic carbocycles. The topological polar surface area (TPSA) is 107 Å². The highest BCUT2D eigenvalue weighted by molar-refractivity contribution is 6.58. The molecule has 5 nitrogen and oxygen atoms in total. The quantitative estimate of drug-likeness (QED) is 0.484. The van der Waals surface area contributed by atoms with Crippen LogP contribution in [0.1, 0.15) is 15.9 Å². The first-order valence-corrected chi connectivity index (χ1v) is 3.75. The van der Waals surface area contributed by atoms with Crippen molar-refractivity contribution < 1.29 is 14.8 Å². The van der Waals surface area contributed by atoms with Gasteiger partial charge in [-0.3, -0.25) is 4.79 Å². The molecular formula is C8H7BN2O3. The van der Waals surface area contributed by atoms with Gasteiger partial charge in [-0.1, -0.05) is 0 Å². The summed E-state index contributed by atoms with van der Waals surface area (Å²) in [6.45, 7) is 0. The van der Waals surface area contributed by atoms with Crippen LogP contribution in [0.3, 0.4) is 0 Å². The van der Waals surface area contributed by atoms with E-state index in [2.05, 4.69) is 0 Å². The number of hydrogen-bond acceptors (Lipinski definition) is 4. The molecule has 0 atom stereocenters. The number of nitrogens with zero attached hydrogens (tertiary/aromatic N) is 1. The number of nitriles is 1. The van der Waals surface area contributed by atoms with Gasteiger partial charge in [-0.15, -0.1) is 0 Å². The molecule has 14 heavy (non-hydrogen) atoms. The largest absolute Gasteiger partial charge is 0.488 e. The van der Waals surface area contributed by atoms with Crippen molar-refractivity contribution in [1.29, 1.82) is 5.26 Å². The molecule has 0 saturated carbocycles. The first-order valence-electron chi connectivity index (χ1n) is 3.75. The van der Waals surface area contributed by atoms with Crippen LogP contribution >= 0.6 is 0 Å². The van der Waals surface area contributed by atoms with Crippen LogP contribution in [0.2, 0.25) is 0 Å². The third-order valence-electron chi connectivity index (χ3n) is 1.67. The molecule has 0 spiro atoms. The third kappa shape index (κ3) is 2.10. The summed E-state index contributed by atoms with van der Waals surface area (Å²) in [5.41, 5.74) is 5.30. The molecule has 0 aliphatic carbocycles. The number of amides is 1. The maximum Gasteiger partial charge on any atom is 0.488 e. The first-order chi connectivity index (χ1) is 6.54. The van der Waals surface area contributed by atoms with E-state index in [1.807, 2.05) is 0 Å². The molecule has 1 amide bonds. The van der Waals surface area contributed by atoms with Crippen LogP contribution in [0.15, 0.2) is 18.2 Å². The smallest absolute Gasteiger partial charge is 0.423 e. The highest BCUT2D eigenvalue weighted by Gasteiger charge is 2.14. The first kappa shape index (κ1) is 10.2. The lowest BCUT2D eigenvalue weighted by Gasteiger charge is -2.02. The number of primary amides is 1. The molecule has 70 valence electrons. The van der Waals surface area contributed by atoms with Gasteiger partial charge in [-0.05, 0) is 23.7 Å². The maximum atomic E-state index is 10.8. The average molecular weight is 190 g/mol. The van der Waals surface area contributed by atoms with E-state index in [-0.39, 0.29) is 16.6 Å². The fourth-order valence-electron chi connectivity index (χ4n) is 1.01. The number of carbonyl (C=O) groups is 1. The monoisotopic (exact) mass is 190 g/mol. The highest BCUT2D eigenvalue weighted by Crippen LogP contribution is 2.01. The molecule has 1 rings (SSSR count). The minimum absolute atomic E-state index is 0.0675. The number of carbonyl (C=O) groups excluding carboxylic acids is 1. The van der Waals surface area contributed by atoms with Crippen molar-refractivity contribution in [3.05, 3.63) is 29.3 Å². The van der Waals surface area contributed by atoms with Crippen molar-refractivity contribution >= 4 is 18.5 Å². The Morgan fingerprint density at radius 1 is 1.43 bits per heavy atom. The van der Waals surface area contributed by atoms with Crippen LogP contribution < -0.4 is 11.2 Å². The van der Waals surface area contributed by atoms with Gasteiger partial charge in [-0.2, -0.15) is 5.26 Å². The Bertz CT molecular complexity index is 412. The number of rotatable bonds is 2. The minimum atomic E-state index is -1.72. The van der Waals surface area contributed by atoms with Crippen molar-refractivity contribution in [2.45, 2.75) is 0 Å². The van der Waals surface area contributed by atoms with Crippen LogP contribution in [0.4, 0.5) is 0 Å². The second-order valence-electron chi connectivity index (χ2n) is 2.69. The summed E-state index contributed by atoms with van der Waals surface area (Å²) < 4.78 is 0. The summed E-state index contributed by atoms with van der Waals surface area (Å²) in [7, 11) is -1.72. The molecule has 0 bridgehead atoms. The van der Waals surface area contributed by atoms with Crippen LogP contribution in [0, 0.1) is 11.3 Å². The van der Waals surface area contributed by atoms with Gasteiger partial charge >= 0.3 is 7.12 Å². The fourth-order valence-corrected chi connectivity index (χ4v) is 1.01. The Morgan fingerprint density at radius 3 is 2.50 bits per heavy atom. The van der Waals surface area contributed by atoms with Gasteiger partial charge in [-0.25, -0.2) is 0 Å². The van der Waals surface area contributed by atoms with E-state index in [4.69, 9.17) is 21.0 Å². The summed E-state index contributed by atoms with van der Waals surface area (Å²) in [4.78, 5) is 10.8. The van der Waals surface area contributed by atoms with Crippen molar-refractivity contribution in [2.24, 2.45) is 5.73 Å². The molecule has 0 heterocycles. The van der Waals surface area contributed by atoms with Crippen LogP contribution in [-0.2, 0) is 0 Å². The Morgan fingerprint density at radius 2 is 2.07 bits per heavy atom. The van der Waals surface area contributed by atoms with E-state index < -0.39 is 13.0 Å². The number of benzene rings is 1. The van der Waals surface area contributed by atoms with E-state index in [0.717, 1.165) is 0 Å². The Labute approximate surface area is 80.5 Å². The normalized spacial score (nSPS) is 9.21. The minimum Gasteiger partial charge on any atom is -0.423 e. The van der Waals surface area contributed by atoms with Crippen molar-refractivity contribution in [2.75, 3.05) is 0 Å². The molecule has 0 aromatic heterocycles. The van der Waals surface area contributed by atoms with Crippen molar-refractivity contribution in [3.63, 3.8) is 0 Å². The van der Waals surface area contributed by atoms with Gasteiger partial charge in [0.1, 0.15) is 0 Å². The standard InChI is InChI=1S/C8H7BN2O3/c10-4-5-1-6(8(11)12)3-7(2-5)9(13)14/h1-3,13-14H,(H2,11,12). The molecule has 0 unspecified atom stereocenters. The Kier molecular flexibility index (Phi) is 2.87. The maximum absolute atomic E-state index is 10.8. The zero-order chi connectivity index (χ0) is 10.7. The SMILES string of the molecule is N#Cc1cc(B(O)O)cc(C(N)=O)c1.